The lowest BCUT2D eigenvalue weighted by atomic mass is 10.1. The van der Waals surface area contributed by atoms with Crippen molar-refractivity contribution in [1.29, 1.82) is 0 Å². The summed E-state index contributed by atoms with van der Waals surface area (Å²) in [6.07, 6.45) is 5.43. The summed E-state index contributed by atoms with van der Waals surface area (Å²) in [5.74, 6) is 0. The van der Waals surface area contributed by atoms with Gasteiger partial charge >= 0.3 is 0 Å². The molecular formula is C17H25N3. The van der Waals surface area contributed by atoms with Gasteiger partial charge in [-0.2, -0.15) is 5.10 Å². The van der Waals surface area contributed by atoms with Gasteiger partial charge in [-0.1, -0.05) is 32.9 Å². The van der Waals surface area contributed by atoms with E-state index in [1.54, 1.807) is 0 Å². The first kappa shape index (κ1) is 14.6. The molecule has 3 heteroatoms. The SMILES string of the molecule is CCc1ccc(NCc2ccn(C(CC)CC)n2)cc1. The molecular weight excluding hydrogens is 246 g/mol. The van der Waals surface area contributed by atoms with Crippen molar-refractivity contribution < 1.29 is 0 Å². The van der Waals surface area contributed by atoms with E-state index in [1.165, 1.54) is 5.56 Å². The van der Waals surface area contributed by atoms with Crippen LogP contribution in [0.15, 0.2) is 36.5 Å². The van der Waals surface area contributed by atoms with Gasteiger partial charge in [-0.3, -0.25) is 4.68 Å². The maximum atomic E-state index is 4.66. The van der Waals surface area contributed by atoms with Crippen LogP contribution in [0.3, 0.4) is 0 Å². The maximum absolute atomic E-state index is 4.66. The van der Waals surface area contributed by atoms with Crippen LogP contribution < -0.4 is 5.32 Å². The van der Waals surface area contributed by atoms with Gasteiger partial charge in [0.15, 0.2) is 0 Å². The fourth-order valence-corrected chi connectivity index (χ4v) is 2.39. The van der Waals surface area contributed by atoms with E-state index in [9.17, 15) is 0 Å². The highest BCUT2D eigenvalue weighted by Crippen LogP contribution is 2.15. The van der Waals surface area contributed by atoms with Crippen molar-refractivity contribution in [2.24, 2.45) is 0 Å². The second kappa shape index (κ2) is 7.13. The summed E-state index contributed by atoms with van der Waals surface area (Å²) in [7, 11) is 0. The monoisotopic (exact) mass is 271 g/mol. The molecule has 0 amide bonds. The molecule has 1 aromatic heterocycles. The number of anilines is 1. The van der Waals surface area contributed by atoms with Crippen molar-refractivity contribution in [1.82, 2.24) is 9.78 Å². The standard InChI is InChI=1S/C17H25N3/c1-4-14-7-9-15(10-8-14)18-13-16-11-12-20(19-16)17(5-2)6-3/h7-12,17-18H,4-6,13H2,1-3H3. The van der Waals surface area contributed by atoms with Crippen LogP contribution in [0.1, 0.15) is 50.9 Å². The molecule has 0 fully saturated rings. The summed E-state index contributed by atoms with van der Waals surface area (Å²) < 4.78 is 2.09. The smallest absolute Gasteiger partial charge is 0.0815 e. The van der Waals surface area contributed by atoms with E-state index in [-0.39, 0.29) is 0 Å². The Morgan fingerprint density at radius 2 is 1.75 bits per heavy atom. The number of hydrogen-bond donors (Lipinski definition) is 1. The molecule has 108 valence electrons. The van der Waals surface area contributed by atoms with Gasteiger partial charge in [0, 0.05) is 11.9 Å². The van der Waals surface area contributed by atoms with E-state index in [4.69, 9.17) is 0 Å². The van der Waals surface area contributed by atoms with Gasteiger partial charge in [-0.15, -0.1) is 0 Å². The highest BCUT2D eigenvalue weighted by molar-refractivity contribution is 5.44. The van der Waals surface area contributed by atoms with Gasteiger partial charge in [-0.25, -0.2) is 0 Å². The van der Waals surface area contributed by atoms with Crippen molar-refractivity contribution in [3.63, 3.8) is 0 Å². The van der Waals surface area contributed by atoms with Crippen LogP contribution in [0.25, 0.3) is 0 Å². The third-order valence-corrected chi connectivity index (χ3v) is 3.82. The minimum absolute atomic E-state index is 0.521. The molecule has 3 nitrogen and oxygen atoms in total. The van der Waals surface area contributed by atoms with E-state index < -0.39 is 0 Å². The summed E-state index contributed by atoms with van der Waals surface area (Å²) >= 11 is 0. The number of rotatable bonds is 7. The lowest BCUT2D eigenvalue weighted by Crippen LogP contribution is -2.09. The highest BCUT2D eigenvalue weighted by atomic mass is 15.3. The molecule has 20 heavy (non-hydrogen) atoms. The number of aromatic nitrogens is 2. The molecule has 0 spiro atoms. The van der Waals surface area contributed by atoms with E-state index in [0.717, 1.165) is 37.2 Å². The number of aryl methyl sites for hydroxylation is 1. The number of nitrogens with zero attached hydrogens (tertiary/aromatic N) is 2. The van der Waals surface area contributed by atoms with Crippen molar-refractivity contribution >= 4 is 5.69 Å². The summed E-state index contributed by atoms with van der Waals surface area (Å²) in [6, 6.07) is 11.2. The van der Waals surface area contributed by atoms with Crippen LogP contribution in [0.4, 0.5) is 5.69 Å². The molecule has 0 aliphatic carbocycles. The van der Waals surface area contributed by atoms with Crippen LogP contribution in [0.5, 0.6) is 0 Å². The maximum Gasteiger partial charge on any atom is 0.0815 e. The first-order valence-electron chi connectivity index (χ1n) is 7.63. The van der Waals surface area contributed by atoms with Gasteiger partial charge in [0.05, 0.1) is 18.3 Å². The van der Waals surface area contributed by atoms with Crippen LogP contribution in [0.2, 0.25) is 0 Å². The topological polar surface area (TPSA) is 29.9 Å². The van der Waals surface area contributed by atoms with Crippen molar-refractivity contribution in [2.45, 2.75) is 52.6 Å². The zero-order valence-corrected chi connectivity index (χ0v) is 12.8. The molecule has 0 atom stereocenters. The number of benzene rings is 1. The fourth-order valence-electron chi connectivity index (χ4n) is 2.39. The highest BCUT2D eigenvalue weighted by Gasteiger charge is 2.07. The Bertz CT molecular complexity index is 509. The second-order valence-corrected chi connectivity index (χ2v) is 5.16. The summed E-state index contributed by atoms with van der Waals surface area (Å²) in [5, 5.41) is 8.08. The largest absolute Gasteiger partial charge is 0.379 e. The predicted molar refractivity (Wildman–Crippen MR) is 85.0 cm³/mol. The Balaban J connectivity index is 1.93. The lowest BCUT2D eigenvalue weighted by Gasteiger charge is -2.12. The Hall–Kier alpha value is -1.77. The van der Waals surface area contributed by atoms with Crippen molar-refractivity contribution in [3.05, 3.63) is 47.8 Å². The van der Waals surface area contributed by atoms with Gasteiger partial charge in [0.2, 0.25) is 0 Å². The summed E-state index contributed by atoms with van der Waals surface area (Å²) in [5.41, 5.74) is 3.62. The van der Waals surface area contributed by atoms with Gasteiger partial charge in [-0.05, 0) is 43.0 Å². The van der Waals surface area contributed by atoms with E-state index in [1.807, 2.05) is 0 Å². The molecule has 0 radical (unpaired) electrons. The van der Waals surface area contributed by atoms with Crippen LogP contribution >= 0.6 is 0 Å². The molecule has 0 saturated heterocycles. The van der Waals surface area contributed by atoms with E-state index in [0.29, 0.717) is 6.04 Å². The molecule has 2 aromatic rings. The fraction of sp³-hybridized carbons (Fsp3) is 0.471. The number of nitrogens with one attached hydrogen (secondary N) is 1. The molecule has 1 N–H and O–H groups in total. The van der Waals surface area contributed by atoms with Crippen LogP contribution in [-0.2, 0) is 13.0 Å². The second-order valence-electron chi connectivity index (χ2n) is 5.16. The first-order valence-corrected chi connectivity index (χ1v) is 7.63. The average molecular weight is 271 g/mol. The predicted octanol–water partition coefficient (Wildman–Crippen LogP) is 4.42. The quantitative estimate of drug-likeness (QED) is 0.808. The Labute approximate surface area is 122 Å². The van der Waals surface area contributed by atoms with E-state index in [2.05, 4.69) is 72.4 Å². The molecule has 1 aromatic carbocycles. The number of hydrogen-bond acceptors (Lipinski definition) is 2. The minimum Gasteiger partial charge on any atom is -0.379 e. The molecule has 0 saturated carbocycles. The third-order valence-electron chi connectivity index (χ3n) is 3.82. The van der Waals surface area contributed by atoms with Crippen molar-refractivity contribution in [2.75, 3.05) is 5.32 Å². The van der Waals surface area contributed by atoms with Crippen LogP contribution in [-0.4, -0.2) is 9.78 Å². The average Bonchev–Trinajstić information content (AvgIpc) is 2.96. The zero-order chi connectivity index (χ0) is 14.4. The summed E-state index contributed by atoms with van der Waals surface area (Å²) in [4.78, 5) is 0. The van der Waals surface area contributed by atoms with E-state index >= 15 is 0 Å². The third kappa shape index (κ3) is 3.62. The Morgan fingerprint density at radius 3 is 2.35 bits per heavy atom. The normalized spacial score (nSPS) is 11.0. The van der Waals surface area contributed by atoms with Crippen LogP contribution in [0, 0.1) is 0 Å². The van der Waals surface area contributed by atoms with Crippen molar-refractivity contribution in [3.8, 4) is 0 Å². The lowest BCUT2D eigenvalue weighted by molar-refractivity contribution is 0.426. The first-order chi connectivity index (χ1) is 9.76. The zero-order valence-electron chi connectivity index (χ0n) is 12.8. The Morgan fingerprint density at radius 1 is 1.05 bits per heavy atom. The molecule has 0 unspecified atom stereocenters. The minimum atomic E-state index is 0.521. The molecule has 0 bridgehead atoms. The van der Waals surface area contributed by atoms with Gasteiger partial charge < -0.3 is 5.32 Å². The molecule has 1 heterocycles. The molecule has 2 rings (SSSR count). The van der Waals surface area contributed by atoms with Gasteiger partial charge in [0.25, 0.3) is 0 Å². The summed E-state index contributed by atoms with van der Waals surface area (Å²) in [6.45, 7) is 7.37. The molecule has 0 aliphatic rings. The van der Waals surface area contributed by atoms with Gasteiger partial charge in [0.1, 0.15) is 0 Å². The Kier molecular flexibility index (Phi) is 5.22. The molecule has 0 aliphatic heterocycles.